The van der Waals surface area contributed by atoms with Crippen molar-refractivity contribution in [3.8, 4) is 0 Å². The number of anilines is 3. The van der Waals surface area contributed by atoms with E-state index in [9.17, 15) is 8.78 Å². The summed E-state index contributed by atoms with van der Waals surface area (Å²) >= 11 is 0. The van der Waals surface area contributed by atoms with Crippen molar-refractivity contribution in [1.29, 1.82) is 0 Å². The lowest BCUT2D eigenvalue weighted by Crippen LogP contribution is -2.47. The molecular weight excluding hydrogens is 418 g/mol. The second kappa shape index (κ2) is 11.3. The van der Waals surface area contributed by atoms with Crippen LogP contribution in [-0.4, -0.2) is 55.6 Å². The summed E-state index contributed by atoms with van der Waals surface area (Å²) in [6.45, 7) is 7.15. The third-order valence-corrected chi connectivity index (χ3v) is 6.29. The van der Waals surface area contributed by atoms with Crippen LogP contribution in [0.15, 0.2) is 72.8 Å². The Morgan fingerprint density at radius 1 is 0.667 bits per heavy atom. The van der Waals surface area contributed by atoms with Crippen molar-refractivity contribution in [2.45, 2.75) is 12.8 Å². The molecule has 4 rings (SSSR count). The van der Waals surface area contributed by atoms with E-state index in [4.69, 9.17) is 5.73 Å². The van der Waals surface area contributed by atoms with E-state index in [1.54, 1.807) is 24.3 Å². The monoisotopic (exact) mass is 450 g/mol. The van der Waals surface area contributed by atoms with E-state index >= 15 is 0 Å². The van der Waals surface area contributed by atoms with Crippen molar-refractivity contribution < 1.29 is 8.78 Å². The minimum Gasteiger partial charge on any atom is -0.399 e. The fourth-order valence-electron chi connectivity index (χ4n) is 4.31. The Bertz CT molecular complexity index is 937. The molecule has 0 radical (unpaired) electrons. The molecule has 1 aliphatic heterocycles. The third-order valence-electron chi connectivity index (χ3n) is 6.29. The van der Waals surface area contributed by atoms with Gasteiger partial charge in [-0.15, -0.1) is 0 Å². The van der Waals surface area contributed by atoms with Gasteiger partial charge >= 0.3 is 0 Å². The maximum absolute atomic E-state index is 13.4. The molecular formula is C27H32F2N4. The van der Waals surface area contributed by atoms with Crippen LogP contribution in [0.4, 0.5) is 25.8 Å². The number of halogens is 2. The van der Waals surface area contributed by atoms with Crippen molar-refractivity contribution in [2.24, 2.45) is 0 Å². The zero-order valence-electron chi connectivity index (χ0n) is 19.0. The Kier molecular flexibility index (Phi) is 7.92. The maximum Gasteiger partial charge on any atom is 0.123 e. The lowest BCUT2D eigenvalue weighted by atomic mass is 10.1. The number of benzene rings is 3. The molecule has 0 spiro atoms. The molecule has 0 bridgehead atoms. The van der Waals surface area contributed by atoms with Crippen LogP contribution < -0.4 is 10.6 Å². The van der Waals surface area contributed by atoms with Gasteiger partial charge in [-0.25, -0.2) is 8.78 Å². The van der Waals surface area contributed by atoms with Crippen molar-refractivity contribution in [3.63, 3.8) is 0 Å². The van der Waals surface area contributed by atoms with Crippen LogP contribution in [0.2, 0.25) is 0 Å². The predicted molar refractivity (Wildman–Crippen MR) is 132 cm³/mol. The fourth-order valence-corrected chi connectivity index (χ4v) is 4.31. The Balaban J connectivity index is 1.25. The summed E-state index contributed by atoms with van der Waals surface area (Å²) in [5, 5.41) is 0. The van der Waals surface area contributed by atoms with Crippen molar-refractivity contribution in [1.82, 2.24) is 9.80 Å². The lowest BCUT2D eigenvalue weighted by Gasteiger charge is -2.35. The minimum absolute atomic E-state index is 0.257. The number of rotatable bonds is 9. The van der Waals surface area contributed by atoms with Gasteiger partial charge in [0.05, 0.1) is 0 Å². The van der Waals surface area contributed by atoms with Crippen LogP contribution in [0.5, 0.6) is 0 Å². The molecule has 1 fully saturated rings. The van der Waals surface area contributed by atoms with Crippen molar-refractivity contribution >= 4 is 17.1 Å². The molecule has 1 heterocycles. The number of piperazine rings is 1. The molecule has 0 amide bonds. The van der Waals surface area contributed by atoms with Crippen molar-refractivity contribution in [2.75, 3.05) is 56.4 Å². The van der Waals surface area contributed by atoms with Gasteiger partial charge < -0.3 is 20.4 Å². The smallest absolute Gasteiger partial charge is 0.123 e. The number of hydrogen-bond donors (Lipinski definition) is 1. The average Bonchev–Trinajstić information content (AvgIpc) is 2.84. The molecule has 1 aliphatic rings. The maximum atomic E-state index is 13.4. The standard InChI is InChI=1S/C27H32F2N4/c28-23-4-10-26(11-5-23)33(27-12-6-24(29)7-13-27)16-1-15-31-18-20-32(21-19-31)17-14-22-2-8-25(30)9-3-22/h2-13H,1,14-21,30H2. The Labute approximate surface area is 195 Å². The summed E-state index contributed by atoms with van der Waals surface area (Å²) in [4.78, 5) is 7.16. The summed E-state index contributed by atoms with van der Waals surface area (Å²) in [6, 6.07) is 21.1. The molecule has 2 N–H and O–H groups in total. The molecule has 0 unspecified atom stereocenters. The van der Waals surface area contributed by atoms with Gasteiger partial charge in [0.15, 0.2) is 0 Å². The van der Waals surface area contributed by atoms with E-state index in [-0.39, 0.29) is 11.6 Å². The van der Waals surface area contributed by atoms with E-state index in [1.807, 2.05) is 12.1 Å². The van der Waals surface area contributed by atoms with Gasteiger partial charge in [0.25, 0.3) is 0 Å². The largest absolute Gasteiger partial charge is 0.399 e. The van der Waals surface area contributed by atoms with E-state index in [1.165, 1.54) is 29.8 Å². The lowest BCUT2D eigenvalue weighted by molar-refractivity contribution is 0.133. The number of nitrogens with zero attached hydrogens (tertiary/aromatic N) is 3. The Hall–Kier alpha value is -2.96. The second-order valence-electron chi connectivity index (χ2n) is 8.63. The van der Waals surface area contributed by atoms with Crippen LogP contribution >= 0.6 is 0 Å². The summed E-state index contributed by atoms with van der Waals surface area (Å²) in [6.07, 6.45) is 2.02. The molecule has 0 atom stereocenters. The minimum atomic E-state index is -0.257. The first-order valence-corrected chi connectivity index (χ1v) is 11.6. The molecule has 6 heteroatoms. The molecule has 0 saturated carbocycles. The summed E-state index contributed by atoms with van der Waals surface area (Å²) in [7, 11) is 0. The normalized spacial score (nSPS) is 15.0. The molecule has 1 saturated heterocycles. The van der Waals surface area contributed by atoms with Gasteiger partial charge in [0.1, 0.15) is 11.6 Å². The van der Waals surface area contributed by atoms with E-state index in [0.29, 0.717) is 0 Å². The van der Waals surface area contributed by atoms with Crippen LogP contribution in [0.25, 0.3) is 0 Å². The first kappa shape index (κ1) is 23.2. The first-order chi connectivity index (χ1) is 16.1. The van der Waals surface area contributed by atoms with Gasteiger partial charge in [0.2, 0.25) is 0 Å². The van der Waals surface area contributed by atoms with Crippen molar-refractivity contribution in [3.05, 3.63) is 90.0 Å². The topological polar surface area (TPSA) is 35.7 Å². The quantitative estimate of drug-likeness (QED) is 0.469. The van der Waals surface area contributed by atoms with Crippen LogP contribution in [0, 0.1) is 11.6 Å². The number of nitrogens with two attached hydrogens (primary N) is 1. The van der Waals surface area contributed by atoms with Gasteiger partial charge in [-0.2, -0.15) is 0 Å². The SMILES string of the molecule is Nc1ccc(CCN2CCN(CCCN(c3ccc(F)cc3)c3ccc(F)cc3)CC2)cc1. The van der Waals surface area contributed by atoms with E-state index in [0.717, 1.165) is 75.7 Å². The highest BCUT2D eigenvalue weighted by Crippen LogP contribution is 2.26. The first-order valence-electron chi connectivity index (χ1n) is 11.6. The fraction of sp³-hybridized carbons (Fsp3) is 0.333. The van der Waals surface area contributed by atoms with Gasteiger partial charge in [-0.3, -0.25) is 0 Å². The molecule has 3 aromatic rings. The summed E-state index contributed by atoms with van der Waals surface area (Å²) < 4.78 is 26.8. The highest BCUT2D eigenvalue weighted by atomic mass is 19.1. The van der Waals surface area contributed by atoms with Gasteiger partial charge in [-0.1, -0.05) is 12.1 Å². The summed E-state index contributed by atoms with van der Waals surface area (Å²) in [5.41, 5.74) is 9.73. The Morgan fingerprint density at radius 2 is 1.15 bits per heavy atom. The zero-order valence-corrected chi connectivity index (χ0v) is 19.0. The zero-order chi connectivity index (χ0) is 23.0. The molecule has 3 aromatic carbocycles. The molecule has 0 aliphatic carbocycles. The van der Waals surface area contributed by atoms with Gasteiger partial charge in [-0.05, 0) is 85.6 Å². The number of hydrogen-bond acceptors (Lipinski definition) is 4. The predicted octanol–water partition coefficient (Wildman–Crippen LogP) is 4.94. The average molecular weight is 451 g/mol. The van der Waals surface area contributed by atoms with Crippen LogP contribution in [0.1, 0.15) is 12.0 Å². The van der Waals surface area contributed by atoms with Crippen LogP contribution in [0.3, 0.4) is 0 Å². The van der Waals surface area contributed by atoms with E-state index in [2.05, 4.69) is 26.8 Å². The Morgan fingerprint density at radius 3 is 1.67 bits per heavy atom. The highest BCUT2D eigenvalue weighted by molar-refractivity contribution is 5.63. The number of nitrogen functional groups attached to an aromatic ring is 1. The second-order valence-corrected chi connectivity index (χ2v) is 8.63. The molecule has 174 valence electrons. The van der Waals surface area contributed by atoms with Gasteiger partial charge in [0, 0.05) is 56.3 Å². The molecule has 0 aromatic heterocycles. The van der Waals surface area contributed by atoms with Crippen LogP contribution in [-0.2, 0) is 6.42 Å². The third kappa shape index (κ3) is 6.76. The van der Waals surface area contributed by atoms with E-state index < -0.39 is 0 Å². The molecule has 33 heavy (non-hydrogen) atoms. The highest BCUT2D eigenvalue weighted by Gasteiger charge is 2.17. The molecule has 4 nitrogen and oxygen atoms in total. The summed E-state index contributed by atoms with van der Waals surface area (Å²) in [5.74, 6) is -0.515.